The highest BCUT2D eigenvalue weighted by Gasteiger charge is 2.09. The van der Waals surface area contributed by atoms with Gasteiger partial charge in [-0.15, -0.1) is 0 Å². The smallest absolute Gasteiger partial charge is 0.161 e. The van der Waals surface area contributed by atoms with Crippen molar-refractivity contribution in [3.05, 3.63) is 0 Å². The third-order valence-corrected chi connectivity index (χ3v) is 1.27. The Balaban J connectivity index is 3.27. The van der Waals surface area contributed by atoms with E-state index >= 15 is 0 Å². The molecule has 2 nitrogen and oxygen atoms in total. The minimum Gasteiger partial charge on any atom is -0.297 e. The molecule has 0 aromatic rings. The molecular formula is C7H13O2. The Morgan fingerprint density at radius 1 is 1.56 bits per heavy atom. The second-order valence-corrected chi connectivity index (χ2v) is 2.24. The van der Waals surface area contributed by atoms with E-state index in [-0.39, 0.29) is 5.78 Å². The molecule has 0 fully saturated rings. The third-order valence-electron chi connectivity index (χ3n) is 1.27. The first-order valence-electron chi connectivity index (χ1n) is 3.34. The van der Waals surface area contributed by atoms with Crippen LogP contribution in [-0.4, -0.2) is 11.9 Å². The molecule has 1 atom stereocenters. The molecule has 0 N–H and O–H groups in total. The lowest BCUT2D eigenvalue weighted by molar-refractivity contribution is -0.128. The second-order valence-electron chi connectivity index (χ2n) is 2.24. The molecule has 0 spiro atoms. The Morgan fingerprint density at radius 3 is 2.44 bits per heavy atom. The van der Waals surface area contributed by atoms with Gasteiger partial charge in [-0.1, -0.05) is 19.8 Å². The number of hydrogen-bond donors (Lipinski definition) is 0. The first-order valence-corrected chi connectivity index (χ1v) is 3.34. The fourth-order valence-corrected chi connectivity index (χ4v) is 0.593. The second kappa shape index (κ2) is 4.50. The molecular weight excluding hydrogens is 116 g/mol. The van der Waals surface area contributed by atoms with E-state index in [0.29, 0.717) is 6.42 Å². The van der Waals surface area contributed by atoms with Crippen molar-refractivity contribution in [1.29, 1.82) is 0 Å². The zero-order valence-electron chi connectivity index (χ0n) is 6.02. The summed E-state index contributed by atoms with van der Waals surface area (Å²) in [6.07, 6.45) is 1.40. The molecule has 0 aromatic heterocycles. The molecule has 0 rings (SSSR count). The summed E-state index contributed by atoms with van der Waals surface area (Å²) in [6.45, 7) is 3.36. The van der Waals surface area contributed by atoms with E-state index in [1.54, 1.807) is 0 Å². The first-order chi connectivity index (χ1) is 4.18. The fourth-order valence-electron chi connectivity index (χ4n) is 0.593. The van der Waals surface area contributed by atoms with Crippen molar-refractivity contribution in [2.75, 3.05) is 0 Å². The van der Waals surface area contributed by atoms with Crippen LogP contribution in [0.2, 0.25) is 0 Å². The molecule has 53 valence electrons. The summed E-state index contributed by atoms with van der Waals surface area (Å²) in [7, 11) is 0. The van der Waals surface area contributed by atoms with E-state index in [2.05, 4.69) is 0 Å². The minimum absolute atomic E-state index is 0.233. The molecule has 0 amide bonds. The van der Waals surface area contributed by atoms with Crippen LogP contribution in [-0.2, 0) is 9.90 Å². The SMILES string of the molecule is CCCCC([O])C(C)=O. The molecule has 9 heavy (non-hydrogen) atoms. The fraction of sp³-hybridized carbons (Fsp3) is 0.857. The highest BCUT2D eigenvalue weighted by molar-refractivity contribution is 5.79. The predicted octanol–water partition coefficient (Wildman–Crippen LogP) is 1.56. The van der Waals surface area contributed by atoms with Gasteiger partial charge in [0.1, 0.15) is 0 Å². The number of hydrogen-bond acceptors (Lipinski definition) is 1. The number of rotatable bonds is 4. The molecule has 0 aliphatic rings. The molecule has 1 radical (unpaired) electrons. The molecule has 0 heterocycles. The van der Waals surface area contributed by atoms with Crippen LogP contribution >= 0.6 is 0 Å². The van der Waals surface area contributed by atoms with Crippen LogP contribution in [0.1, 0.15) is 33.1 Å². The molecule has 0 aromatic carbocycles. The van der Waals surface area contributed by atoms with Gasteiger partial charge in [-0.3, -0.25) is 4.79 Å². The van der Waals surface area contributed by atoms with Gasteiger partial charge in [-0.25, -0.2) is 5.11 Å². The zero-order valence-corrected chi connectivity index (χ0v) is 6.02. The number of unbranched alkanes of at least 4 members (excludes halogenated alkanes) is 1. The monoisotopic (exact) mass is 129 g/mol. The predicted molar refractivity (Wildman–Crippen MR) is 34.7 cm³/mol. The summed E-state index contributed by atoms with van der Waals surface area (Å²) in [4.78, 5) is 10.3. The van der Waals surface area contributed by atoms with E-state index in [0.717, 1.165) is 12.8 Å². The first kappa shape index (κ1) is 8.63. The van der Waals surface area contributed by atoms with E-state index in [1.165, 1.54) is 6.92 Å². The zero-order chi connectivity index (χ0) is 7.28. The molecule has 1 unspecified atom stereocenters. The third kappa shape index (κ3) is 4.15. The Hall–Kier alpha value is -0.370. The van der Waals surface area contributed by atoms with Gasteiger partial charge in [0.2, 0.25) is 0 Å². The van der Waals surface area contributed by atoms with Gasteiger partial charge in [0.15, 0.2) is 11.9 Å². The maximum absolute atomic E-state index is 10.6. The van der Waals surface area contributed by atoms with Crippen molar-refractivity contribution in [2.24, 2.45) is 0 Å². The number of ketones is 1. The van der Waals surface area contributed by atoms with Gasteiger partial charge >= 0.3 is 0 Å². The summed E-state index contributed by atoms with van der Waals surface area (Å²) in [5.41, 5.74) is 0. The Kier molecular flexibility index (Phi) is 4.32. The summed E-state index contributed by atoms with van der Waals surface area (Å²) < 4.78 is 0. The van der Waals surface area contributed by atoms with Crippen molar-refractivity contribution in [1.82, 2.24) is 0 Å². The van der Waals surface area contributed by atoms with Gasteiger partial charge in [-0.2, -0.15) is 0 Å². The lowest BCUT2D eigenvalue weighted by Crippen LogP contribution is -2.14. The normalized spacial score (nSPS) is 13.2. The summed E-state index contributed by atoms with van der Waals surface area (Å²) in [5.74, 6) is -0.233. The van der Waals surface area contributed by atoms with E-state index in [1.807, 2.05) is 6.92 Å². The summed E-state index contributed by atoms with van der Waals surface area (Å²) in [6, 6.07) is 0. The van der Waals surface area contributed by atoms with E-state index < -0.39 is 6.10 Å². The van der Waals surface area contributed by atoms with E-state index in [4.69, 9.17) is 0 Å². The van der Waals surface area contributed by atoms with Crippen LogP contribution in [0.5, 0.6) is 0 Å². The molecule has 0 saturated carbocycles. The average Bonchev–Trinajstić information content (AvgIpc) is 1.82. The highest BCUT2D eigenvalue weighted by Crippen LogP contribution is 2.00. The van der Waals surface area contributed by atoms with Crippen molar-refractivity contribution >= 4 is 5.78 Å². The Morgan fingerprint density at radius 2 is 2.11 bits per heavy atom. The highest BCUT2D eigenvalue weighted by atomic mass is 16.3. The summed E-state index contributed by atoms with van der Waals surface area (Å²) >= 11 is 0. The lowest BCUT2D eigenvalue weighted by Gasteiger charge is -2.00. The van der Waals surface area contributed by atoms with Crippen LogP contribution in [0.3, 0.4) is 0 Å². The van der Waals surface area contributed by atoms with Crippen LogP contribution < -0.4 is 0 Å². The van der Waals surface area contributed by atoms with Gasteiger partial charge in [0.25, 0.3) is 0 Å². The van der Waals surface area contributed by atoms with Crippen molar-refractivity contribution in [3.8, 4) is 0 Å². The van der Waals surface area contributed by atoms with Gasteiger partial charge < -0.3 is 0 Å². The van der Waals surface area contributed by atoms with Crippen molar-refractivity contribution in [3.63, 3.8) is 0 Å². The van der Waals surface area contributed by atoms with Crippen LogP contribution in [0.25, 0.3) is 0 Å². The molecule has 0 aliphatic heterocycles. The number of carbonyl (C=O) groups is 1. The van der Waals surface area contributed by atoms with Crippen molar-refractivity contribution < 1.29 is 9.90 Å². The van der Waals surface area contributed by atoms with Gasteiger partial charge in [0, 0.05) is 0 Å². The van der Waals surface area contributed by atoms with Crippen LogP contribution in [0.15, 0.2) is 0 Å². The topological polar surface area (TPSA) is 37.0 Å². The Bertz CT molecular complexity index is 88.9. The van der Waals surface area contributed by atoms with E-state index in [9.17, 15) is 9.90 Å². The Labute approximate surface area is 55.9 Å². The van der Waals surface area contributed by atoms with Gasteiger partial charge in [0.05, 0.1) is 0 Å². The standard InChI is InChI=1S/C7H13O2/c1-3-4-5-7(9)6(2)8/h7H,3-5H2,1-2H3. The van der Waals surface area contributed by atoms with Crippen LogP contribution in [0, 0.1) is 0 Å². The minimum atomic E-state index is -0.968. The quantitative estimate of drug-likeness (QED) is 0.567. The largest absolute Gasteiger partial charge is 0.297 e. The molecule has 0 saturated heterocycles. The number of Topliss-reactive ketones (excluding diaryl/α,β-unsaturated/α-hetero) is 1. The van der Waals surface area contributed by atoms with Gasteiger partial charge in [-0.05, 0) is 13.3 Å². The summed E-state index contributed by atoms with van der Waals surface area (Å²) in [5, 5.41) is 10.6. The molecule has 0 bridgehead atoms. The maximum atomic E-state index is 10.6. The number of carbonyl (C=O) groups excluding carboxylic acids is 1. The van der Waals surface area contributed by atoms with Crippen molar-refractivity contribution in [2.45, 2.75) is 39.2 Å². The molecule has 0 aliphatic carbocycles. The average molecular weight is 129 g/mol. The molecule has 2 heteroatoms. The lowest BCUT2D eigenvalue weighted by atomic mass is 10.1. The van der Waals surface area contributed by atoms with Crippen LogP contribution in [0.4, 0.5) is 0 Å². The maximum Gasteiger partial charge on any atom is 0.161 e.